The summed E-state index contributed by atoms with van der Waals surface area (Å²) in [5.41, 5.74) is 7.97. The van der Waals surface area contributed by atoms with Crippen molar-refractivity contribution in [2.24, 2.45) is 0 Å². The second kappa shape index (κ2) is 5.89. The van der Waals surface area contributed by atoms with E-state index in [0.717, 1.165) is 5.56 Å². The molecule has 4 nitrogen and oxygen atoms in total. The number of benzene rings is 2. The SMILES string of the molecule is Nc1ccccc1OCc1coc(-c2ccc(Cl)cc2)n1. The zero-order valence-electron chi connectivity index (χ0n) is 11.1. The summed E-state index contributed by atoms with van der Waals surface area (Å²) in [6.07, 6.45) is 1.57. The van der Waals surface area contributed by atoms with Crippen LogP contribution in [0.2, 0.25) is 5.02 Å². The van der Waals surface area contributed by atoms with E-state index in [1.54, 1.807) is 24.5 Å². The molecule has 3 aromatic rings. The minimum Gasteiger partial charge on any atom is -0.485 e. The smallest absolute Gasteiger partial charge is 0.226 e. The zero-order valence-corrected chi connectivity index (χ0v) is 11.9. The van der Waals surface area contributed by atoms with Gasteiger partial charge >= 0.3 is 0 Å². The Hall–Kier alpha value is -2.46. The molecular weight excluding hydrogens is 288 g/mol. The van der Waals surface area contributed by atoms with Gasteiger partial charge in [0.2, 0.25) is 5.89 Å². The van der Waals surface area contributed by atoms with Crippen molar-refractivity contribution >= 4 is 17.3 Å². The third-order valence-corrected chi connectivity index (χ3v) is 3.19. The molecule has 0 saturated carbocycles. The molecular formula is C16H13ClN2O2. The zero-order chi connectivity index (χ0) is 14.7. The molecule has 0 atom stereocenters. The fourth-order valence-corrected chi connectivity index (χ4v) is 1.99. The van der Waals surface area contributed by atoms with Crippen molar-refractivity contribution < 1.29 is 9.15 Å². The number of hydrogen-bond acceptors (Lipinski definition) is 4. The second-order valence-corrected chi connectivity index (χ2v) is 4.91. The first-order valence-corrected chi connectivity index (χ1v) is 6.78. The number of hydrogen-bond donors (Lipinski definition) is 1. The van der Waals surface area contributed by atoms with Gasteiger partial charge in [0.05, 0.1) is 5.69 Å². The van der Waals surface area contributed by atoms with Gasteiger partial charge in [-0.1, -0.05) is 23.7 Å². The Kier molecular flexibility index (Phi) is 3.79. The van der Waals surface area contributed by atoms with Crippen LogP contribution in [-0.2, 0) is 6.61 Å². The van der Waals surface area contributed by atoms with Crippen LogP contribution in [0.5, 0.6) is 5.75 Å². The molecule has 21 heavy (non-hydrogen) atoms. The molecule has 106 valence electrons. The molecule has 0 radical (unpaired) electrons. The summed E-state index contributed by atoms with van der Waals surface area (Å²) < 4.78 is 11.1. The Morgan fingerprint density at radius 2 is 1.86 bits per heavy atom. The molecule has 0 fully saturated rings. The minimum atomic E-state index is 0.297. The van der Waals surface area contributed by atoms with Crippen molar-refractivity contribution in [2.75, 3.05) is 5.73 Å². The van der Waals surface area contributed by atoms with Crippen molar-refractivity contribution in [3.8, 4) is 17.2 Å². The number of nitrogen functional groups attached to an aromatic ring is 1. The molecule has 2 aromatic carbocycles. The lowest BCUT2D eigenvalue weighted by atomic mass is 10.2. The lowest BCUT2D eigenvalue weighted by Crippen LogP contribution is -1.98. The van der Waals surface area contributed by atoms with Gasteiger partial charge in [-0.25, -0.2) is 4.98 Å². The van der Waals surface area contributed by atoms with E-state index in [0.29, 0.717) is 34.7 Å². The molecule has 0 aliphatic rings. The van der Waals surface area contributed by atoms with E-state index in [4.69, 9.17) is 26.5 Å². The van der Waals surface area contributed by atoms with Gasteiger partial charge in [0.1, 0.15) is 24.3 Å². The first-order chi connectivity index (χ1) is 10.2. The van der Waals surface area contributed by atoms with Crippen LogP contribution in [0.1, 0.15) is 5.69 Å². The maximum atomic E-state index is 5.85. The van der Waals surface area contributed by atoms with Crippen LogP contribution in [0.3, 0.4) is 0 Å². The van der Waals surface area contributed by atoms with E-state index >= 15 is 0 Å². The van der Waals surface area contributed by atoms with Gasteiger partial charge in [-0.2, -0.15) is 0 Å². The van der Waals surface area contributed by atoms with Gasteiger partial charge in [0.25, 0.3) is 0 Å². The van der Waals surface area contributed by atoms with Gasteiger partial charge in [-0.05, 0) is 36.4 Å². The first kappa shape index (κ1) is 13.5. The van der Waals surface area contributed by atoms with Crippen LogP contribution < -0.4 is 10.5 Å². The van der Waals surface area contributed by atoms with E-state index in [1.165, 1.54) is 0 Å². The molecule has 0 unspecified atom stereocenters. The van der Waals surface area contributed by atoms with Crippen molar-refractivity contribution in [3.05, 3.63) is 65.5 Å². The van der Waals surface area contributed by atoms with Gasteiger partial charge < -0.3 is 14.9 Å². The van der Waals surface area contributed by atoms with Crippen molar-refractivity contribution in [2.45, 2.75) is 6.61 Å². The summed E-state index contributed by atoms with van der Waals surface area (Å²) in [6, 6.07) is 14.6. The highest BCUT2D eigenvalue weighted by Gasteiger charge is 2.08. The van der Waals surface area contributed by atoms with Crippen molar-refractivity contribution in [1.29, 1.82) is 0 Å². The van der Waals surface area contributed by atoms with Crippen molar-refractivity contribution in [1.82, 2.24) is 4.98 Å². The Balaban J connectivity index is 1.71. The number of nitrogens with zero attached hydrogens (tertiary/aromatic N) is 1. The molecule has 0 saturated heterocycles. The molecule has 0 bridgehead atoms. The number of ether oxygens (including phenoxy) is 1. The number of para-hydroxylation sites is 2. The third-order valence-electron chi connectivity index (χ3n) is 2.94. The standard InChI is InChI=1S/C16H13ClN2O2/c17-12-7-5-11(6-8-12)16-19-13(10-21-16)9-20-15-4-2-1-3-14(15)18/h1-8,10H,9,18H2. The third kappa shape index (κ3) is 3.17. The summed E-state index contributed by atoms with van der Waals surface area (Å²) in [5, 5.41) is 0.674. The lowest BCUT2D eigenvalue weighted by Gasteiger charge is -2.05. The molecule has 5 heteroatoms. The van der Waals surface area contributed by atoms with Crippen LogP contribution in [0.25, 0.3) is 11.5 Å². The molecule has 0 spiro atoms. The number of halogens is 1. The van der Waals surface area contributed by atoms with E-state index in [1.807, 2.05) is 30.3 Å². The summed E-state index contributed by atoms with van der Waals surface area (Å²) in [7, 11) is 0. The summed E-state index contributed by atoms with van der Waals surface area (Å²) in [5.74, 6) is 1.17. The first-order valence-electron chi connectivity index (χ1n) is 6.40. The topological polar surface area (TPSA) is 61.3 Å². The molecule has 3 rings (SSSR count). The maximum absolute atomic E-state index is 5.85. The Morgan fingerprint density at radius 3 is 2.62 bits per heavy atom. The largest absolute Gasteiger partial charge is 0.485 e. The Labute approximate surface area is 127 Å². The molecule has 1 aromatic heterocycles. The minimum absolute atomic E-state index is 0.297. The van der Waals surface area contributed by atoms with Crippen LogP contribution >= 0.6 is 11.6 Å². The van der Waals surface area contributed by atoms with Crippen LogP contribution in [0.4, 0.5) is 5.69 Å². The number of nitrogens with two attached hydrogens (primary N) is 1. The molecule has 0 amide bonds. The van der Waals surface area contributed by atoms with E-state index in [-0.39, 0.29) is 0 Å². The lowest BCUT2D eigenvalue weighted by molar-refractivity contribution is 0.302. The normalized spacial score (nSPS) is 10.5. The number of rotatable bonds is 4. The molecule has 1 heterocycles. The number of anilines is 1. The number of aromatic nitrogens is 1. The van der Waals surface area contributed by atoms with E-state index in [2.05, 4.69) is 4.98 Å². The average Bonchev–Trinajstić information content (AvgIpc) is 2.96. The van der Waals surface area contributed by atoms with E-state index < -0.39 is 0 Å². The summed E-state index contributed by atoms with van der Waals surface area (Å²) in [4.78, 5) is 4.38. The predicted octanol–water partition coefficient (Wildman–Crippen LogP) is 4.16. The van der Waals surface area contributed by atoms with Gasteiger partial charge in [0.15, 0.2) is 0 Å². The number of oxazole rings is 1. The van der Waals surface area contributed by atoms with Gasteiger partial charge in [-0.15, -0.1) is 0 Å². The maximum Gasteiger partial charge on any atom is 0.226 e. The average molecular weight is 301 g/mol. The molecule has 2 N–H and O–H groups in total. The predicted molar refractivity (Wildman–Crippen MR) is 82.1 cm³/mol. The fraction of sp³-hybridized carbons (Fsp3) is 0.0625. The Morgan fingerprint density at radius 1 is 1.10 bits per heavy atom. The van der Waals surface area contributed by atoms with Crippen molar-refractivity contribution in [3.63, 3.8) is 0 Å². The second-order valence-electron chi connectivity index (χ2n) is 4.48. The summed E-state index contributed by atoms with van der Waals surface area (Å²) in [6.45, 7) is 0.297. The summed E-state index contributed by atoms with van der Waals surface area (Å²) >= 11 is 5.85. The quantitative estimate of drug-likeness (QED) is 0.735. The van der Waals surface area contributed by atoms with E-state index in [9.17, 15) is 0 Å². The van der Waals surface area contributed by atoms with Crippen LogP contribution in [0, 0.1) is 0 Å². The van der Waals surface area contributed by atoms with Crippen LogP contribution in [-0.4, -0.2) is 4.98 Å². The monoisotopic (exact) mass is 300 g/mol. The fourth-order valence-electron chi connectivity index (χ4n) is 1.86. The van der Waals surface area contributed by atoms with Gasteiger partial charge in [0, 0.05) is 10.6 Å². The highest BCUT2D eigenvalue weighted by atomic mass is 35.5. The van der Waals surface area contributed by atoms with Gasteiger partial charge in [-0.3, -0.25) is 0 Å². The van der Waals surface area contributed by atoms with Crippen LogP contribution in [0.15, 0.2) is 59.2 Å². The molecule has 0 aliphatic heterocycles. The highest BCUT2D eigenvalue weighted by Crippen LogP contribution is 2.23. The Bertz CT molecular complexity index is 738. The highest BCUT2D eigenvalue weighted by molar-refractivity contribution is 6.30. The molecule has 0 aliphatic carbocycles.